The molecule has 174 valence electrons. The third-order valence-corrected chi connectivity index (χ3v) is 7.18. The summed E-state index contributed by atoms with van der Waals surface area (Å²) in [6.07, 6.45) is 0. The Labute approximate surface area is 202 Å². The highest BCUT2D eigenvalue weighted by molar-refractivity contribution is 7.99. The number of halogens is 1. The molecule has 0 bridgehead atoms. The Morgan fingerprint density at radius 2 is 2.00 bits per heavy atom. The van der Waals surface area contributed by atoms with Crippen LogP contribution in [0.15, 0.2) is 57.8 Å². The van der Waals surface area contributed by atoms with Gasteiger partial charge in [-0.1, -0.05) is 30.0 Å². The van der Waals surface area contributed by atoms with Gasteiger partial charge in [0, 0.05) is 24.0 Å². The first-order chi connectivity index (χ1) is 16.5. The van der Waals surface area contributed by atoms with E-state index in [2.05, 4.69) is 9.97 Å². The van der Waals surface area contributed by atoms with E-state index in [1.807, 2.05) is 30.5 Å². The van der Waals surface area contributed by atoms with E-state index in [0.717, 1.165) is 11.1 Å². The van der Waals surface area contributed by atoms with Crippen LogP contribution in [0.3, 0.4) is 0 Å². The molecule has 1 aliphatic heterocycles. The van der Waals surface area contributed by atoms with Crippen LogP contribution < -0.4 is 15.0 Å². The summed E-state index contributed by atoms with van der Waals surface area (Å²) >= 11 is 2.54. The molecule has 0 fully saturated rings. The summed E-state index contributed by atoms with van der Waals surface area (Å²) in [7, 11) is 0. The van der Waals surface area contributed by atoms with Crippen molar-refractivity contribution >= 4 is 39.2 Å². The SMILES string of the molecule is CCN(Cc1ccc2c(c1)OCO2)C(=O)CSc1nc2scc(-c3ccc(F)cc3)c2c(=O)[nH]1. The van der Waals surface area contributed by atoms with Crippen molar-refractivity contribution in [3.05, 3.63) is 69.6 Å². The fourth-order valence-electron chi connectivity index (χ4n) is 3.70. The number of aromatic nitrogens is 2. The molecule has 0 radical (unpaired) electrons. The Balaban J connectivity index is 1.28. The molecule has 0 unspecified atom stereocenters. The van der Waals surface area contributed by atoms with Gasteiger partial charge in [-0.2, -0.15) is 0 Å². The summed E-state index contributed by atoms with van der Waals surface area (Å²) in [5, 5.41) is 2.69. The van der Waals surface area contributed by atoms with E-state index in [4.69, 9.17) is 9.47 Å². The van der Waals surface area contributed by atoms with Crippen LogP contribution in [0.4, 0.5) is 4.39 Å². The Morgan fingerprint density at radius 3 is 2.79 bits per heavy atom. The maximum atomic E-state index is 13.3. The molecule has 4 aromatic rings. The highest BCUT2D eigenvalue weighted by Crippen LogP contribution is 2.33. The zero-order valence-corrected chi connectivity index (χ0v) is 19.8. The van der Waals surface area contributed by atoms with Gasteiger partial charge in [0.25, 0.3) is 5.56 Å². The lowest BCUT2D eigenvalue weighted by molar-refractivity contribution is -0.128. The Hall–Kier alpha value is -3.37. The molecule has 10 heteroatoms. The van der Waals surface area contributed by atoms with Crippen LogP contribution in [0.25, 0.3) is 21.3 Å². The fraction of sp³-hybridized carbons (Fsp3) is 0.208. The molecule has 34 heavy (non-hydrogen) atoms. The minimum atomic E-state index is -0.335. The first-order valence-corrected chi connectivity index (χ1v) is 12.4. The normalized spacial score (nSPS) is 12.3. The van der Waals surface area contributed by atoms with E-state index in [9.17, 15) is 14.0 Å². The van der Waals surface area contributed by atoms with Crippen molar-refractivity contribution in [3.8, 4) is 22.6 Å². The first kappa shape index (κ1) is 22.4. The number of rotatable bonds is 7. The highest BCUT2D eigenvalue weighted by Gasteiger charge is 2.18. The first-order valence-electron chi connectivity index (χ1n) is 10.6. The van der Waals surface area contributed by atoms with Crippen LogP contribution in [-0.4, -0.2) is 39.9 Å². The van der Waals surface area contributed by atoms with Gasteiger partial charge in [0.1, 0.15) is 10.6 Å². The van der Waals surface area contributed by atoms with Gasteiger partial charge in [-0.25, -0.2) is 9.37 Å². The number of thiophene rings is 1. The van der Waals surface area contributed by atoms with Crippen molar-refractivity contribution < 1.29 is 18.7 Å². The van der Waals surface area contributed by atoms with Crippen molar-refractivity contribution in [2.75, 3.05) is 19.1 Å². The van der Waals surface area contributed by atoms with E-state index >= 15 is 0 Å². The Kier molecular flexibility index (Phi) is 6.25. The minimum absolute atomic E-state index is 0.0638. The maximum absolute atomic E-state index is 13.3. The largest absolute Gasteiger partial charge is 0.454 e. The second-order valence-corrected chi connectivity index (χ2v) is 9.41. The van der Waals surface area contributed by atoms with Crippen LogP contribution in [-0.2, 0) is 11.3 Å². The smallest absolute Gasteiger partial charge is 0.260 e. The van der Waals surface area contributed by atoms with Gasteiger partial charge in [0.05, 0.1) is 11.1 Å². The molecule has 0 spiro atoms. The predicted octanol–water partition coefficient (Wildman–Crippen LogP) is 4.66. The van der Waals surface area contributed by atoms with E-state index in [1.54, 1.807) is 17.0 Å². The number of nitrogens with zero attached hydrogens (tertiary/aromatic N) is 2. The summed E-state index contributed by atoms with van der Waals surface area (Å²) in [5.41, 5.74) is 2.12. The number of carbonyl (C=O) groups is 1. The number of amides is 1. The second-order valence-electron chi connectivity index (χ2n) is 7.59. The number of fused-ring (bicyclic) bond motifs is 2. The average molecular weight is 498 g/mol. The van der Waals surface area contributed by atoms with Gasteiger partial charge in [0.15, 0.2) is 16.7 Å². The summed E-state index contributed by atoms with van der Waals surface area (Å²) in [4.78, 5) is 35.3. The molecule has 1 aliphatic rings. The lowest BCUT2D eigenvalue weighted by Crippen LogP contribution is -2.31. The van der Waals surface area contributed by atoms with Gasteiger partial charge in [0.2, 0.25) is 12.7 Å². The highest BCUT2D eigenvalue weighted by atomic mass is 32.2. The van der Waals surface area contributed by atoms with Crippen LogP contribution in [0.5, 0.6) is 11.5 Å². The Bertz CT molecular complexity index is 1420. The van der Waals surface area contributed by atoms with E-state index in [1.165, 1.54) is 35.2 Å². The van der Waals surface area contributed by atoms with Crippen LogP contribution in [0.1, 0.15) is 12.5 Å². The van der Waals surface area contributed by atoms with Gasteiger partial charge in [-0.15, -0.1) is 11.3 Å². The topological polar surface area (TPSA) is 84.5 Å². The predicted molar refractivity (Wildman–Crippen MR) is 130 cm³/mol. The number of hydrogen-bond donors (Lipinski definition) is 1. The number of benzene rings is 2. The van der Waals surface area contributed by atoms with Crippen molar-refractivity contribution in [2.24, 2.45) is 0 Å². The van der Waals surface area contributed by atoms with Crippen molar-refractivity contribution in [2.45, 2.75) is 18.6 Å². The van der Waals surface area contributed by atoms with Gasteiger partial charge in [-0.3, -0.25) is 9.59 Å². The molecule has 1 N–H and O–H groups in total. The lowest BCUT2D eigenvalue weighted by Gasteiger charge is -2.21. The molecule has 3 heterocycles. The zero-order chi connectivity index (χ0) is 23.7. The number of carbonyl (C=O) groups excluding carboxylic acids is 1. The summed E-state index contributed by atoms with van der Waals surface area (Å²) in [6, 6.07) is 11.6. The molecular weight excluding hydrogens is 477 g/mol. The molecular formula is C24H20FN3O4S2. The summed E-state index contributed by atoms with van der Waals surface area (Å²) in [6.45, 7) is 3.12. The third-order valence-electron chi connectivity index (χ3n) is 5.45. The molecule has 2 aromatic carbocycles. The number of ether oxygens (including phenoxy) is 2. The van der Waals surface area contributed by atoms with Gasteiger partial charge >= 0.3 is 0 Å². The second kappa shape index (κ2) is 9.47. The molecule has 0 saturated carbocycles. The van der Waals surface area contributed by atoms with Gasteiger partial charge < -0.3 is 19.4 Å². The molecule has 1 amide bonds. The van der Waals surface area contributed by atoms with E-state index < -0.39 is 0 Å². The van der Waals surface area contributed by atoms with Crippen LogP contribution >= 0.6 is 23.1 Å². The van der Waals surface area contributed by atoms with E-state index in [-0.39, 0.29) is 29.8 Å². The molecule has 7 nitrogen and oxygen atoms in total. The zero-order valence-electron chi connectivity index (χ0n) is 18.2. The van der Waals surface area contributed by atoms with Crippen LogP contribution in [0, 0.1) is 5.82 Å². The fourth-order valence-corrected chi connectivity index (χ4v) is 5.47. The maximum Gasteiger partial charge on any atom is 0.260 e. The number of aromatic amines is 1. The molecule has 0 saturated heterocycles. The average Bonchev–Trinajstić information content (AvgIpc) is 3.48. The molecule has 2 aromatic heterocycles. The van der Waals surface area contributed by atoms with Crippen molar-refractivity contribution in [3.63, 3.8) is 0 Å². The number of hydrogen-bond acceptors (Lipinski definition) is 7. The number of nitrogens with one attached hydrogen (secondary N) is 1. The third kappa shape index (κ3) is 4.51. The molecule has 5 rings (SSSR count). The monoisotopic (exact) mass is 497 g/mol. The standard InChI is InChI=1S/C24H20FN3O4S2/c1-2-28(10-14-3-8-18-19(9-14)32-13-31-18)20(29)12-34-24-26-22(30)21-17(11-33-23(21)27-24)15-4-6-16(25)7-5-15/h3-9,11H,2,10,12-13H2,1H3,(H,26,27,30). The summed E-state index contributed by atoms with van der Waals surface area (Å²) in [5.74, 6) is 1.13. The molecule has 0 atom stereocenters. The molecule has 0 aliphatic carbocycles. The van der Waals surface area contributed by atoms with Crippen molar-refractivity contribution in [1.29, 1.82) is 0 Å². The van der Waals surface area contributed by atoms with Crippen molar-refractivity contribution in [1.82, 2.24) is 14.9 Å². The van der Waals surface area contributed by atoms with Crippen LogP contribution in [0.2, 0.25) is 0 Å². The quantitative estimate of drug-likeness (QED) is 0.295. The lowest BCUT2D eigenvalue weighted by atomic mass is 10.1. The number of H-pyrrole nitrogens is 1. The number of thioether (sulfide) groups is 1. The minimum Gasteiger partial charge on any atom is -0.454 e. The Morgan fingerprint density at radius 1 is 1.21 bits per heavy atom. The van der Waals surface area contributed by atoms with Gasteiger partial charge in [-0.05, 0) is 42.3 Å². The van der Waals surface area contributed by atoms with E-state index in [0.29, 0.717) is 45.5 Å². The summed E-state index contributed by atoms with van der Waals surface area (Å²) < 4.78 is 24.0.